The van der Waals surface area contributed by atoms with Crippen LogP contribution in [0.1, 0.15) is 0 Å². The molecule has 0 amide bonds. The highest BCUT2D eigenvalue weighted by molar-refractivity contribution is 9.10. The minimum absolute atomic E-state index is 0.405. The number of fused-ring (bicyclic) bond motifs is 1. The topological polar surface area (TPSA) is 55.1 Å². The first-order valence-corrected chi connectivity index (χ1v) is 9.84. The molecule has 1 N–H and O–H groups in total. The Morgan fingerprint density at radius 3 is 2.77 bits per heavy atom. The summed E-state index contributed by atoms with van der Waals surface area (Å²) < 4.78 is 6.30. The fourth-order valence-corrected chi connectivity index (χ4v) is 3.99. The van der Waals surface area contributed by atoms with Gasteiger partial charge in [-0.15, -0.1) is 11.3 Å². The van der Waals surface area contributed by atoms with Gasteiger partial charge in [0.25, 0.3) is 0 Å². The van der Waals surface area contributed by atoms with E-state index in [1.807, 2.05) is 12.1 Å². The summed E-state index contributed by atoms with van der Waals surface area (Å²) in [7, 11) is 0. The summed E-state index contributed by atoms with van der Waals surface area (Å²) in [6, 6.07) is 12.4. The van der Waals surface area contributed by atoms with Crippen LogP contribution in [0.15, 0.2) is 61.5 Å². The molecule has 0 bridgehead atoms. The summed E-state index contributed by atoms with van der Waals surface area (Å²) >= 11 is 16.9. The van der Waals surface area contributed by atoms with E-state index in [1.165, 1.54) is 11.3 Å². The van der Waals surface area contributed by atoms with Gasteiger partial charge < -0.3 is 9.73 Å². The second-order valence-electron chi connectivity index (χ2n) is 5.42. The van der Waals surface area contributed by atoms with Gasteiger partial charge in [0.15, 0.2) is 5.13 Å². The van der Waals surface area contributed by atoms with Gasteiger partial charge in [-0.05, 0) is 42.5 Å². The molecule has 0 aliphatic rings. The van der Waals surface area contributed by atoms with E-state index in [0.29, 0.717) is 37.7 Å². The molecule has 130 valence electrons. The van der Waals surface area contributed by atoms with Crippen molar-refractivity contribution in [2.24, 2.45) is 0 Å². The van der Waals surface area contributed by atoms with Gasteiger partial charge in [0.1, 0.15) is 5.58 Å². The van der Waals surface area contributed by atoms with E-state index in [9.17, 15) is 4.79 Å². The molecule has 4 aromatic rings. The Balaban J connectivity index is 1.70. The van der Waals surface area contributed by atoms with Crippen LogP contribution in [-0.2, 0) is 0 Å². The summed E-state index contributed by atoms with van der Waals surface area (Å²) in [6.45, 7) is 0. The minimum atomic E-state index is -0.429. The molecule has 0 aliphatic carbocycles. The predicted molar refractivity (Wildman–Crippen MR) is 111 cm³/mol. The molecular weight excluding hydrogens is 459 g/mol. The van der Waals surface area contributed by atoms with Crippen molar-refractivity contribution >= 4 is 72.3 Å². The number of thiazole rings is 1. The molecule has 2 aromatic carbocycles. The monoisotopic (exact) mass is 466 g/mol. The number of nitrogens with zero attached hydrogens (tertiary/aromatic N) is 1. The first-order chi connectivity index (χ1) is 12.5. The van der Waals surface area contributed by atoms with Crippen LogP contribution in [0.3, 0.4) is 0 Å². The maximum atomic E-state index is 12.3. The highest BCUT2D eigenvalue weighted by Crippen LogP contribution is 2.31. The summed E-state index contributed by atoms with van der Waals surface area (Å²) in [4.78, 5) is 16.8. The third kappa shape index (κ3) is 3.50. The Bertz CT molecular complexity index is 1190. The lowest BCUT2D eigenvalue weighted by Crippen LogP contribution is -2.03. The van der Waals surface area contributed by atoms with Gasteiger partial charge in [-0.1, -0.05) is 39.1 Å². The van der Waals surface area contributed by atoms with Crippen LogP contribution < -0.4 is 10.9 Å². The second-order valence-corrected chi connectivity index (χ2v) is 8.03. The third-order valence-corrected chi connectivity index (χ3v) is 5.45. The Hall–Kier alpha value is -1.86. The molecule has 0 saturated heterocycles. The molecule has 4 rings (SSSR count). The molecule has 8 heteroatoms. The lowest BCUT2D eigenvalue weighted by Gasteiger charge is -2.05. The van der Waals surface area contributed by atoms with Crippen molar-refractivity contribution in [2.75, 3.05) is 5.32 Å². The van der Waals surface area contributed by atoms with Crippen molar-refractivity contribution in [3.8, 4) is 11.3 Å². The zero-order valence-electron chi connectivity index (χ0n) is 12.9. The van der Waals surface area contributed by atoms with Crippen LogP contribution in [0.4, 0.5) is 10.8 Å². The lowest BCUT2D eigenvalue weighted by atomic mass is 10.1. The molecule has 0 fully saturated rings. The summed E-state index contributed by atoms with van der Waals surface area (Å²) in [6.07, 6.45) is 0. The summed E-state index contributed by atoms with van der Waals surface area (Å²) in [5.41, 5.74) is 1.73. The van der Waals surface area contributed by atoms with Gasteiger partial charge in [-0.3, -0.25) is 0 Å². The van der Waals surface area contributed by atoms with E-state index >= 15 is 0 Å². The first-order valence-electron chi connectivity index (χ1n) is 7.41. The van der Waals surface area contributed by atoms with Gasteiger partial charge in [0.05, 0.1) is 22.0 Å². The normalized spacial score (nSPS) is 11.0. The van der Waals surface area contributed by atoms with Crippen molar-refractivity contribution in [3.05, 3.63) is 72.8 Å². The van der Waals surface area contributed by atoms with Crippen LogP contribution in [-0.4, -0.2) is 4.98 Å². The maximum Gasteiger partial charge on any atom is 0.345 e. The SMILES string of the molecule is O=c1oc2ccc(Br)cc2cc1-c1csc(Nc2ccc(Cl)cc2Cl)n1. The Morgan fingerprint density at radius 2 is 1.96 bits per heavy atom. The quantitative estimate of drug-likeness (QED) is 0.339. The number of anilines is 2. The predicted octanol–water partition coefficient (Wildman–Crippen LogP) is 6.73. The molecule has 0 spiro atoms. The van der Waals surface area contributed by atoms with Crippen molar-refractivity contribution < 1.29 is 4.42 Å². The average molecular weight is 468 g/mol. The fraction of sp³-hybridized carbons (Fsp3) is 0. The zero-order chi connectivity index (χ0) is 18.3. The van der Waals surface area contributed by atoms with Crippen molar-refractivity contribution in [2.45, 2.75) is 0 Å². The standard InChI is InChI=1S/C18H9BrCl2N2O2S/c19-10-1-4-16-9(5-10)6-12(17(24)25-16)15-8-26-18(23-15)22-14-3-2-11(20)7-13(14)21/h1-8H,(H,22,23). The van der Waals surface area contributed by atoms with Crippen LogP contribution >= 0.6 is 50.5 Å². The highest BCUT2D eigenvalue weighted by Gasteiger charge is 2.13. The Morgan fingerprint density at radius 1 is 1.12 bits per heavy atom. The molecule has 0 radical (unpaired) electrons. The number of rotatable bonds is 3. The number of aromatic nitrogens is 1. The van der Waals surface area contributed by atoms with E-state index in [-0.39, 0.29) is 0 Å². The van der Waals surface area contributed by atoms with Crippen molar-refractivity contribution in [1.82, 2.24) is 4.98 Å². The number of benzene rings is 2. The molecule has 26 heavy (non-hydrogen) atoms. The number of hydrogen-bond donors (Lipinski definition) is 1. The van der Waals surface area contributed by atoms with Gasteiger partial charge in [0.2, 0.25) is 0 Å². The summed E-state index contributed by atoms with van der Waals surface area (Å²) in [5.74, 6) is 0. The van der Waals surface area contributed by atoms with Crippen LogP contribution in [0.2, 0.25) is 10.0 Å². The number of hydrogen-bond acceptors (Lipinski definition) is 5. The Kier molecular flexibility index (Phi) is 4.75. The van der Waals surface area contributed by atoms with Crippen LogP contribution in [0.5, 0.6) is 0 Å². The molecule has 0 atom stereocenters. The molecule has 2 heterocycles. The van der Waals surface area contributed by atoms with Crippen molar-refractivity contribution in [1.29, 1.82) is 0 Å². The van der Waals surface area contributed by atoms with Crippen molar-refractivity contribution in [3.63, 3.8) is 0 Å². The lowest BCUT2D eigenvalue weighted by molar-refractivity contribution is 0.563. The molecule has 2 aromatic heterocycles. The van der Waals surface area contributed by atoms with Crippen LogP contribution in [0.25, 0.3) is 22.2 Å². The fourth-order valence-electron chi connectivity index (χ4n) is 2.43. The number of nitrogens with one attached hydrogen (secondary N) is 1. The molecule has 0 unspecified atom stereocenters. The van der Waals surface area contributed by atoms with E-state index in [0.717, 1.165) is 9.86 Å². The minimum Gasteiger partial charge on any atom is -0.422 e. The Labute approximate surface area is 170 Å². The maximum absolute atomic E-state index is 12.3. The highest BCUT2D eigenvalue weighted by atomic mass is 79.9. The van der Waals surface area contributed by atoms with E-state index in [1.54, 1.807) is 35.7 Å². The van der Waals surface area contributed by atoms with Crippen LogP contribution in [0, 0.1) is 0 Å². The first kappa shape index (κ1) is 17.5. The number of halogens is 3. The molecule has 0 saturated carbocycles. The molecular formula is C18H9BrCl2N2O2S. The largest absolute Gasteiger partial charge is 0.422 e. The second kappa shape index (κ2) is 7.04. The smallest absolute Gasteiger partial charge is 0.345 e. The molecule has 4 nitrogen and oxygen atoms in total. The van der Waals surface area contributed by atoms with E-state index in [2.05, 4.69) is 26.2 Å². The molecule has 0 aliphatic heterocycles. The van der Waals surface area contributed by atoms with Gasteiger partial charge >= 0.3 is 5.63 Å². The van der Waals surface area contributed by atoms with Gasteiger partial charge in [-0.25, -0.2) is 9.78 Å². The average Bonchev–Trinajstić information content (AvgIpc) is 3.05. The van der Waals surface area contributed by atoms with Gasteiger partial charge in [-0.2, -0.15) is 0 Å². The zero-order valence-corrected chi connectivity index (χ0v) is 16.8. The third-order valence-electron chi connectivity index (χ3n) is 3.65. The van der Waals surface area contributed by atoms with E-state index in [4.69, 9.17) is 27.6 Å². The van der Waals surface area contributed by atoms with Gasteiger partial charge in [0, 0.05) is 20.3 Å². The summed E-state index contributed by atoms with van der Waals surface area (Å²) in [5, 5.41) is 7.40. The van der Waals surface area contributed by atoms with E-state index < -0.39 is 5.63 Å².